The van der Waals surface area contributed by atoms with Crippen molar-refractivity contribution in [1.82, 2.24) is 0 Å². The first-order valence-corrected chi connectivity index (χ1v) is 6.29. The molecule has 0 aromatic heterocycles. The summed E-state index contributed by atoms with van der Waals surface area (Å²) in [5.74, 6) is 0.0590. The van der Waals surface area contributed by atoms with E-state index in [9.17, 15) is 9.90 Å². The zero-order valence-corrected chi connectivity index (χ0v) is 10.3. The Bertz CT molecular complexity index is 217. The maximum Gasteiger partial charge on any atom is 0.310 e. The van der Waals surface area contributed by atoms with Crippen molar-refractivity contribution >= 4 is 5.97 Å². The Kier molecular flexibility index (Phi) is 4.18. The number of hydrogen-bond donors (Lipinski definition) is 1. The van der Waals surface area contributed by atoms with Crippen molar-refractivity contribution in [3.8, 4) is 0 Å². The molecule has 1 unspecified atom stereocenters. The maximum atomic E-state index is 11.6. The van der Waals surface area contributed by atoms with E-state index in [1.807, 2.05) is 6.92 Å². The Morgan fingerprint density at radius 2 is 1.87 bits per heavy atom. The molecule has 0 aromatic carbocycles. The molecule has 1 N–H and O–H groups in total. The Hall–Kier alpha value is -0.530. The van der Waals surface area contributed by atoms with Crippen LogP contribution in [0.2, 0.25) is 0 Å². The van der Waals surface area contributed by atoms with Crippen LogP contribution >= 0.6 is 0 Å². The summed E-state index contributed by atoms with van der Waals surface area (Å²) in [5, 5.41) is 9.55. The summed E-state index contributed by atoms with van der Waals surface area (Å²) >= 11 is 0. The fourth-order valence-electron chi connectivity index (χ4n) is 3.36. The largest absolute Gasteiger partial charge is 0.481 e. The minimum absolute atomic E-state index is 0.239. The zero-order chi connectivity index (χ0) is 11.5. The molecule has 0 heterocycles. The number of carboxylic acid groups (broad SMARTS) is 1. The van der Waals surface area contributed by atoms with Gasteiger partial charge >= 0.3 is 5.97 Å². The lowest BCUT2D eigenvalue weighted by Gasteiger charge is -2.41. The molecule has 2 heteroatoms. The molecule has 0 aromatic rings. The molecule has 1 fully saturated rings. The van der Waals surface area contributed by atoms with E-state index in [2.05, 4.69) is 13.8 Å². The lowest BCUT2D eigenvalue weighted by Crippen LogP contribution is -2.43. The quantitative estimate of drug-likeness (QED) is 0.771. The van der Waals surface area contributed by atoms with Gasteiger partial charge in [-0.25, -0.2) is 0 Å². The third kappa shape index (κ3) is 2.19. The number of hydrogen-bond acceptors (Lipinski definition) is 1. The third-order valence-electron chi connectivity index (χ3n) is 4.35. The van der Waals surface area contributed by atoms with Crippen LogP contribution in [-0.4, -0.2) is 11.1 Å². The molecule has 0 spiro atoms. The molecule has 0 amide bonds. The first-order chi connectivity index (χ1) is 7.05. The van der Waals surface area contributed by atoms with E-state index in [1.54, 1.807) is 0 Å². The van der Waals surface area contributed by atoms with Crippen LogP contribution in [0.4, 0.5) is 0 Å². The molecule has 0 saturated heterocycles. The molecular formula is C13H24O2. The van der Waals surface area contributed by atoms with Crippen molar-refractivity contribution in [2.45, 2.75) is 59.3 Å². The van der Waals surface area contributed by atoms with Crippen LogP contribution in [0.15, 0.2) is 0 Å². The van der Waals surface area contributed by atoms with E-state index in [-0.39, 0.29) is 5.92 Å². The van der Waals surface area contributed by atoms with E-state index in [0.717, 1.165) is 19.3 Å². The topological polar surface area (TPSA) is 37.3 Å². The number of carbonyl (C=O) groups is 1. The van der Waals surface area contributed by atoms with Gasteiger partial charge in [0.1, 0.15) is 0 Å². The van der Waals surface area contributed by atoms with Crippen LogP contribution < -0.4 is 0 Å². The number of carboxylic acids is 1. The van der Waals surface area contributed by atoms with Crippen LogP contribution in [0.5, 0.6) is 0 Å². The van der Waals surface area contributed by atoms with E-state index in [0.29, 0.717) is 5.92 Å². The van der Waals surface area contributed by atoms with Gasteiger partial charge in [0.15, 0.2) is 0 Å². The fourth-order valence-corrected chi connectivity index (χ4v) is 3.36. The van der Waals surface area contributed by atoms with Gasteiger partial charge in [-0.1, -0.05) is 40.0 Å². The standard InChI is InChI=1S/C13H24O2/c1-4-13(10(2)3,12(14)15)11-8-6-5-7-9-11/h10-11H,4-9H2,1-3H3,(H,14,15). The summed E-state index contributed by atoms with van der Waals surface area (Å²) in [4.78, 5) is 11.6. The summed E-state index contributed by atoms with van der Waals surface area (Å²) in [7, 11) is 0. The number of aliphatic carboxylic acids is 1. The third-order valence-corrected chi connectivity index (χ3v) is 4.35. The van der Waals surface area contributed by atoms with Gasteiger partial charge in [0.25, 0.3) is 0 Å². The summed E-state index contributed by atoms with van der Waals surface area (Å²) in [5.41, 5.74) is -0.472. The van der Waals surface area contributed by atoms with Crippen LogP contribution in [0.3, 0.4) is 0 Å². The van der Waals surface area contributed by atoms with Crippen molar-refractivity contribution in [2.24, 2.45) is 17.3 Å². The highest BCUT2D eigenvalue weighted by atomic mass is 16.4. The monoisotopic (exact) mass is 212 g/mol. The molecule has 88 valence electrons. The van der Waals surface area contributed by atoms with E-state index < -0.39 is 11.4 Å². The van der Waals surface area contributed by atoms with Crippen molar-refractivity contribution in [2.75, 3.05) is 0 Å². The van der Waals surface area contributed by atoms with Crippen LogP contribution in [0, 0.1) is 17.3 Å². The summed E-state index contributed by atoms with van der Waals surface area (Å²) < 4.78 is 0. The smallest absolute Gasteiger partial charge is 0.310 e. The Balaban J connectivity index is 2.91. The van der Waals surface area contributed by atoms with Crippen molar-refractivity contribution in [1.29, 1.82) is 0 Å². The average Bonchev–Trinajstić information content (AvgIpc) is 2.20. The summed E-state index contributed by atoms with van der Waals surface area (Å²) in [6.45, 7) is 6.15. The highest BCUT2D eigenvalue weighted by Gasteiger charge is 2.46. The maximum absolute atomic E-state index is 11.6. The molecule has 15 heavy (non-hydrogen) atoms. The minimum atomic E-state index is -0.577. The van der Waals surface area contributed by atoms with Gasteiger partial charge in [0.2, 0.25) is 0 Å². The molecule has 1 rings (SSSR count). The molecule has 1 atom stereocenters. The Labute approximate surface area is 93.1 Å². The molecule has 1 aliphatic rings. The molecule has 2 nitrogen and oxygen atoms in total. The SMILES string of the molecule is CCC(C(=O)O)(C(C)C)C1CCCCC1. The van der Waals surface area contributed by atoms with Crippen LogP contribution in [0.1, 0.15) is 59.3 Å². The van der Waals surface area contributed by atoms with Crippen LogP contribution in [0.25, 0.3) is 0 Å². The highest BCUT2D eigenvalue weighted by Crippen LogP contribution is 2.46. The normalized spacial score (nSPS) is 22.7. The predicted molar refractivity (Wildman–Crippen MR) is 61.8 cm³/mol. The second-order valence-electron chi connectivity index (χ2n) is 5.19. The highest BCUT2D eigenvalue weighted by molar-refractivity contribution is 5.75. The fraction of sp³-hybridized carbons (Fsp3) is 0.923. The van der Waals surface area contributed by atoms with Crippen molar-refractivity contribution in [3.63, 3.8) is 0 Å². The summed E-state index contributed by atoms with van der Waals surface area (Å²) in [6.07, 6.45) is 6.70. The van der Waals surface area contributed by atoms with Crippen molar-refractivity contribution in [3.05, 3.63) is 0 Å². The van der Waals surface area contributed by atoms with Gasteiger partial charge in [0.05, 0.1) is 5.41 Å². The van der Waals surface area contributed by atoms with E-state index in [4.69, 9.17) is 0 Å². The van der Waals surface area contributed by atoms with Crippen molar-refractivity contribution < 1.29 is 9.90 Å². The minimum Gasteiger partial charge on any atom is -0.481 e. The average molecular weight is 212 g/mol. The van der Waals surface area contributed by atoms with Gasteiger partial charge in [-0.3, -0.25) is 4.79 Å². The zero-order valence-electron chi connectivity index (χ0n) is 10.3. The van der Waals surface area contributed by atoms with Crippen LogP contribution in [-0.2, 0) is 4.79 Å². The Morgan fingerprint density at radius 1 is 1.33 bits per heavy atom. The molecule has 0 radical (unpaired) electrons. The van der Waals surface area contributed by atoms with Gasteiger partial charge in [-0.2, -0.15) is 0 Å². The second-order valence-corrected chi connectivity index (χ2v) is 5.19. The van der Waals surface area contributed by atoms with E-state index in [1.165, 1.54) is 19.3 Å². The molecule has 0 bridgehead atoms. The van der Waals surface area contributed by atoms with Gasteiger partial charge in [0, 0.05) is 0 Å². The molecular weight excluding hydrogens is 188 g/mol. The molecule has 1 aliphatic carbocycles. The molecule has 0 aliphatic heterocycles. The Morgan fingerprint density at radius 3 is 2.20 bits per heavy atom. The lowest BCUT2D eigenvalue weighted by molar-refractivity contribution is -0.158. The summed E-state index contributed by atoms with van der Waals surface area (Å²) in [6, 6.07) is 0. The molecule has 1 saturated carbocycles. The van der Waals surface area contributed by atoms with Gasteiger partial charge in [-0.15, -0.1) is 0 Å². The first kappa shape index (κ1) is 12.5. The second kappa shape index (κ2) is 5.00. The first-order valence-electron chi connectivity index (χ1n) is 6.29. The van der Waals surface area contributed by atoms with Gasteiger partial charge < -0.3 is 5.11 Å². The van der Waals surface area contributed by atoms with E-state index >= 15 is 0 Å². The predicted octanol–water partition coefficient (Wildman–Crippen LogP) is 3.70. The lowest BCUT2D eigenvalue weighted by atomic mass is 9.61. The van der Waals surface area contributed by atoms with Gasteiger partial charge in [-0.05, 0) is 31.1 Å². The number of rotatable bonds is 4.